The highest BCUT2D eigenvalue weighted by molar-refractivity contribution is 8.00. The number of thioether (sulfide) groups is 1. The Morgan fingerprint density at radius 1 is 1.05 bits per heavy atom. The van der Waals surface area contributed by atoms with E-state index in [2.05, 4.69) is 24.1 Å². The molecule has 11 nitrogen and oxygen atoms in total. The molecule has 42 heavy (non-hydrogen) atoms. The van der Waals surface area contributed by atoms with Crippen LogP contribution in [0.15, 0.2) is 17.3 Å². The number of hydrogen-bond acceptors (Lipinski definition) is 11. The van der Waals surface area contributed by atoms with Crippen LogP contribution in [0.3, 0.4) is 0 Å². The Morgan fingerprint density at radius 3 is 2.57 bits per heavy atom. The molecule has 4 fully saturated rings. The fourth-order valence-corrected chi connectivity index (χ4v) is 9.96. The number of nitrogens with zero attached hydrogens (tertiary/aromatic N) is 5. The van der Waals surface area contributed by atoms with Gasteiger partial charge < -0.3 is 19.5 Å². The van der Waals surface area contributed by atoms with Crippen molar-refractivity contribution in [2.75, 3.05) is 49.7 Å². The van der Waals surface area contributed by atoms with E-state index in [1.807, 2.05) is 16.9 Å². The number of sulfone groups is 1. The van der Waals surface area contributed by atoms with Crippen molar-refractivity contribution in [1.82, 2.24) is 24.6 Å². The molecule has 5 aliphatic rings. The van der Waals surface area contributed by atoms with Crippen molar-refractivity contribution in [3.05, 3.63) is 17.8 Å². The van der Waals surface area contributed by atoms with Gasteiger partial charge >= 0.3 is 0 Å². The number of fused-ring (bicyclic) bond motifs is 3. The second-order valence-corrected chi connectivity index (χ2v) is 16.5. The zero-order chi connectivity index (χ0) is 28.9. The predicted octanol–water partition coefficient (Wildman–Crippen LogP) is 3.95. The monoisotopic (exact) mass is 618 g/mol. The molecule has 3 saturated heterocycles. The Morgan fingerprint density at radius 2 is 1.81 bits per heavy atom. The normalized spacial score (nSPS) is 31.3. The topological polar surface area (TPSA) is 121 Å². The van der Waals surface area contributed by atoms with Gasteiger partial charge in [-0.15, -0.1) is 0 Å². The number of aromatic nitrogens is 4. The summed E-state index contributed by atoms with van der Waals surface area (Å²) in [5, 5.41) is 9.30. The first-order valence-corrected chi connectivity index (χ1v) is 18.2. The van der Waals surface area contributed by atoms with Crippen LogP contribution >= 0.6 is 11.8 Å². The lowest BCUT2D eigenvalue weighted by atomic mass is 9.84. The summed E-state index contributed by atoms with van der Waals surface area (Å²) in [6, 6.07) is 2.59. The van der Waals surface area contributed by atoms with Gasteiger partial charge in [0.2, 0.25) is 11.8 Å². The zero-order valence-corrected chi connectivity index (χ0v) is 26.2. The maximum atomic E-state index is 11.9. The summed E-state index contributed by atoms with van der Waals surface area (Å²) in [4.78, 5) is 12.5. The molecular formula is C29H42N6O5S2. The Balaban J connectivity index is 1.10. The molecule has 2 aromatic heterocycles. The largest absolute Gasteiger partial charge is 0.474 e. The smallest absolute Gasteiger partial charge is 0.232 e. The van der Waals surface area contributed by atoms with Gasteiger partial charge in [-0.3, -0.25) is 9.58 Å². The Kier molecular flexibility index (Phi) is 7.91. The van der Waals surface area contributed by atoms with E-state index in [4.69, 9.17) is 29.3 Å². The minimum atomic E-state index is -2.92. The van der Waals surface area contributed by atoms with E-state index in [0.29, 0.717) is 54.3 Å². The number of morpholine rings is 1. The quantitative estimate of drug-likeness (QED) is 0.474. The van der Waals surface area contributed by atoms with Crippen LogP contribution in [0.2, 0.25) is 0 Å². The summed E-state index contributed by atoms with van der Waals surface area (Å²) in [7, 11) is -2.92. The molecule has 0 bridgehead atoms. The zero-order valence-electron chi connectivity index (χ0n) is 24.5. The van der Waals surface area contributed by atoms with Gasteiger partial charge in [0.25, 0.3) is 0 Å². The van der Waals surface area contributed by atoms with E-state index in [1.165, 1.54) is 0 Å². The number of nitrogens with one attached hydrogen (secondary N) is 1. The van der Waals surface area contributed by atoms with Gasteiger partial charge in [0, 0.05) is 42.6 Å². The minimum Gasteiger partial charge on any atom is -0.474 e. The van der Waals surface area contributed by atoms with Gasteiger partial charge in [0.05, 0.1) is 48.5 Å². The van der Waals surface area contributed by atoms with Crippen molar-refractivity contribution in [3.63, 3.8) is 0 Å². The Hall–Kier alpha value is -1.93. The van der Waals surface area contributed by atoms with E-state index >= 15 is 0 Å². The standard InChI is InChI=1S/C29H42N6O5S2/c1-29(2)17-22-23(18-39-29)41-27-25(22)26(40-21-5-3-19(4-6-21)34-11-13-38-14-12-34)31-28(32-27)30-24-7-10-35(33-24)20-8-15-42(36,37)16-9-20/h7,10,19-23H,3-6,8-9,11-18H2,1-2H3,(H,30,31,32,33). The lowest BCUT2D eigenvalue weighted by molar-refractivity contribution is -0.0555. The summed E-state index contributed by atoms with van der Waals surface area (Å²) in [5.41, 5.74) is 0.940. The van der Waals surface area contributed by atoms with Crippen molar-refractivity contribution in [2.24, 2.45) is 0 Å². The van der Waals surface area contributed by atoms with Gasteiger partial charge in [0.15, 0.2) is 5.82 Å². The summed E-state index contributed by atoms with van der Waals surface area (Å²) in [6.45, 7) is 8.73. The molecule has 2 aromatic rings. The van der Waals surface area contributed by atoms with Gasteiger partial charge in [-0.25, -0.2) is 13.4 Å². The van der Waals surface area contributed by atoms with Crippen LogP contribution in [-0.4, -0.2) is 100 Å². The highest BCUT2D eigenvalue weighted by Crippen LogP contribution is 2.54. The van der Waals surface area contributed by atoms with Crippen LogP contribution in [0.5, 0.6) is 5.88 Å². The minimum absolute atomic E-state index is 0.0820. The fraction of sp³-hybridized carbons (Fsp3) is 0.759. The highest BCUT2D eigenvalue weighted by atomic mass is 32.2. The SMILES string of the molecule is CC1(C)CC2c3c(OC4CCC(N5CCOCC5)CC4)nc(Nc4ccn(C5CCS(=O)(=O)CC5)n4)nc3SC2CO1. The van der Waals surface area contributed by atoms with Crippen molar-refractivity contribution < 1.29 is 22.6 Å². The number of rotatable bonds is 6. The molecule has 6 heterocycles. The Bertz CT molecular complexity index is 1370. The molecule has 1 saturated carbocycles. The first-order chi connectivity index (χ1) is 20.2. The number of ether oxygens (including phenoxy) is 3. The maximum Gasteiger partial charge on any atom is 0.232 e. The van der Waals surface area contributed by atoms with E-state index in [0.717, 1.165) is 69.0 Å². The molecular weight excluding hydrogens is 576 g/mol. The lowest BCUT2D eigenvalue weighted by Crippen LogP contribution is -2.46. The molecule has 1 N–H and O–H groups in total. The average Bonchev–Trinajstić information content (AvgIpc) is 3.58. The summed E-state index contributed by atoms with van der Waals surface area (Å²) in [5.74, 6) is 2.54. The second kappa shape index (κ2) is 11.5. The predicted molar refractivity (Wildman–Crippen MR) is 161 cm³/mol. The number of anilines is 2. The van der Waals surface area contributed by atoms with E-state index in [9.17, 15) is 8.42 Å². The van der Waals surface area contributed by atoms with Crippen LogP contribution < -0.4 is 10.1 Å². The molecule has 230 valence electrons. The van der Waals surface area contributed by atoms with Gasteiger partial charge in [-0.05, 0) is 58.8 Å². The Labute approximate surface area is 252 Å². The summed E-state index contributed by atoms with van der Waals surface area (Å²) < 4.78 is 44.1. The summed E-state index contributed by atoms with van der Waals surface area (Å²) in [6.07, 6.45) is 8.41. The molecule has 7 rings (SSSR count). The van der Waals surface area contributed by atoms with Gasteiger partial charge in [-0.1, -0.05) is 11.8 Å². The number of hydrogen-bond donors (Lipinski definition) is 1. The third kappa shape index (κ3) is 6.17. The molecule has 13 heteroatoms. The molecule has 0 amide bonds. The van der Waals surface area contributed by atoms with Crippen LogP contribution in [0.25, 0.3) is 0 Å². The van der Waals surface area contributed by atoms with Gasteiger partial charge in [0.1, 0.15) is 21.0 Å². The molecule has 0 aromatic carbocycles. The molecule has 2 unspecified atom stereocenters. The van der Waals surface area contributed by atoms with Crippen LogP contribution in [0.1, 0.15) is 76.3 Å². The lowest BCUT2D eigenvalue weighted by Gasteiger charge is -2.39. The first kappa shape index (κ1) is 28.8. The van der Waals surface area contributed by atoms with E-state index < -0.39 is 9.84 Å². The van der Waals surface area contributed by atoms with Crippen LogP contribution in [0.4, 0.5) is 11.8 Å². The summed E-state index contributed by atoms with van der Waals surface area (Å²) >= 11 is 1.77. The van der Waals surface area contributed by atoms with E-state index in [1.54, 1.807) is 11.8 Å². The van der Waals surface area contributed by atoms with Crippen LogP contribution in [-0.2, 0) is 19.3 Å². The van der Waals surface area contributed by atoms with Crippen molar-refractivity contribution in [2.45, 2.75) is 98.8 Å². The van der Waals surface area contributed by atoms with Crippen LogP contribution in [0, 0.1) is 0 Å². The molecule has 0 radical (unpaired) electrons. The third-order valence-electron chi connectivity index (χ3n) is 9.54. The molecule has 0 spiro atoms. The van der Waals surface area contributed by atoms with Crippen molar-refractivity contribution in [3.8, 4) is 5.88 Å². The highest BCUT2D eigenvalue weighted by Gasteiger charge is 2.46. The average molecular weight is 619 g/mol. The van der Waals surface area contributed by atoms with Crippen molar-refractivity contribution in [1.29, 1.82) is 0 Å². The molecule has 2 atom stereocenters. The van der Waals surface area contributed by atoms with Gasteiger partial charge in [-0.2, -0.15) is 10.1 Å². The second-order valence-electron chi connectivity index (χ2n) is 13.0. The third-order valence-corrected chi connectivity index (χ3v) is 12.6. The van der Waals surface area contributed by atoms with E-state index in [-0.39, 0.29) is 29.3 Å². The maximum absolute atomic E-state index is 11.9. The first-order valence-electron chi connectivity index (χ1n) is 15.4. The molecule has 4 aliphatic heterocycles. The fourth-order valence-electron chi connectivity index (χ4n) is 7.17. The molecule has 1 aliphatic carbocycles. The van der Waals surface area contributed by atoms with Crippen molar-refractivity contribution >= 4 is 33.4 Å².